The first kappa shape index (κ1) is 18.1. The number of aromatic nitrogens is 4. The second-order valence-electron chi connectivity index (χ2n) is 6.96. The molecule has 1 unspecified atom stereocenters. The van der Waals surface area contributed by atoms with Crippen LogP contribution < -0.4 is 10.6 Å². The lowest BCUT2D eigenvalue weighted by Crippen LogP contribution is -2.34. The second kappa shape index (κ2) is 7.13. The topological polar surface area (TPSA) is 106 Å². The van der Waals surface area contributed by atoms with Crippen molar-refractivity contribution in [3.05, 3.63) is 28.1 Å². The van der Waals surface area contributed by atoms with Crippen LogP contribution in [0.5, 0.6) is 0 Å². The van der Waals surface area contributed by atoms with Gasteiger partial charge in [0.25, 0.3) is 0 Å². The Morgan fingerprint density at radius 3 is 2.89 bits per heavy atom. The van der Waals surface area contributed by atoms with Crippen LogP contribution >= 0.6 is 34.7 Å². The van der Waals surface area contributed by atoms with Gasteiger partial charge in [-0.1, -0.05) is 11.6 Å². The van der Waals surface area contributed by atoms with Crippen LogP contribution in [-0.4, -0.2) is 25.4 Å². The van der Waals surface area contributed by atoms with Crippen molar-refractivity contribution in [3.8, 4) is 0 Å². The third-order valence-corrected chi connectivity index (χ3v) is 6.10. The van der Waals surface area contributed by atoms with E-state index in [0.717, 1.165) is 49.3 Å². The smallest absolute Gasteiger partial charge is 0.321 e. The van der Waals surface area contributed by atoms with E-state index in [0.29, 0.717) is 28.0 Å². The Labute approximate surface area is 174 Å². The van der Waals surface area contributed by atoms with Crippen LogP contribution in [0, 0.1) is 0 Å². The van der Waals surface area contributed by atoms with Crippen molar-refractivity contribution in [1.29, 1.82) is 0 Å². The predicted molar refractivity (Wildman–Crippen MR) is 106 cm³/mol. The zero-order chi connectivity index (χ0) is 19.3. The van der Waals surface area contributed by atoms with Crippen LogP contribution in [0.1, 0.15) is 60.6 Å². The third kappa shape index (κ3) is 3.31. The maximum atomic E-state index is 12.5. The molecule has 3 aromatic heterocycles. The number of hydrogen-bond acceptors (Lipinski definition) is 7. The number of nitrogens with zero attached hydrogens (tertiary/aromatic N) is 4. The maximum absolute atomic E-state index is 12.5. The van der Waals surface area contributed by atoms with Gasteiger partial charge in [0.05, 0.1) is 17.3 Å². The molecule has 146 valence electrons. The van der Waals surface area contributed by atoms with Crippen LogP contribution in [-0.2, 0) is 12.3 Å². The van der Waals surface area contributed by atoms with Gasteiger partial charge >= 0.3 is 6.03 Å². The summed E-state index contributed by atoms with van der Waals surface area (Å²) < 4.78 is 10.2. The van der Waals surface area contributed by atoms with Crippen molar-refractivity contribution in [2.75, 3.05) is 5.32 Å². The fourth-order valence-corrected chi connectivity index (χ4v) is 4.56. The molecule has 2 N–H and O–H groups in total. The summed E-state index contributed by atoms with van der Waals surface area (Å²) in [7, 11) is 0. The largest absolute Gasteiger partial charge is 0.442 e. The lowest BCUT2D eigenvalue weighted by molar-refractivity contribution is 0.247. The number of anilines is 1. The Bertz CT molecular complexity index is 1060. The summed E-state index contributed by atoms with van der Waals surface area (Å²) in [6, 6.07) is -0.580. The Balaban J connectivity index is 1.39. The summed E-state index contributed by atoms with van der Waals surface area (Å²) in [5, 5.41) is 7.21. The van der Waals surface area contributed by atoms with E-state index in [9.17, 15) is 4.79 Å². The highest BCUT2D eigenvalue weighted by Gasteiger charge is 2.31. The van der Waals surface area contributed by atoms with E-state index in [2.05, 4.69) is 30.0 Å². The first-order valence-corrected chi connectivity index (χ1v) is 10.8. The molecule has 1 fully saturated rings. The lowest BCUT2D eigenvalue weighted by Gasteiger charge is -2.23. The Kier molecular flexibility index (Phi) is 4.60. The molecule has 2 aliphatic carbocycles. The normalized spacial score (nSPS) is 18.9. The summed E-state index contributed by atoms with van der Waals surface area (Å²) in [6.45, 7) is 0. The number of nitrogens with one attached hydrogen (secondary N) is 2. The molecule has 0 radical (unpaired) electrons. The van der Waals surface area contributed by atoms with Crippen LogP contribution in [0.2, 0.25) is 5.15 Å². The third-order valence-electron chi connectivity index (χ3n) is 4.94. The molecule has 0 aliphatic heterocycles. The average molecular weight is 439 g/mol. The van der Waals surface area contributed by atoms with Gasteiger partial charge in [-0.15, -0.1) is 11.6 Å². The van der Waals surface area contributed by atoms with Crippen molar-refractivity contribution in [2.45, 2.75) is 49.9 Å². The highest BCUT2D eigenvalue weighted by atomic mass is 35.5. The van der Waals surface area contributed by atoms with Gasteiger partial charge < -0.3 is 9.73 Å². The number of furan rings is 1. The molecular weight excluding hydrogens is 423 g/mol. The van der Waals surface area contributed by atoms with Crippen molar-refractivity contribution < 1.29 is 9.21 Å². The standard InChI is InChI=1S/C17H16Cl2N6O2S/c18-6-10-21-13(19)12-11-8(2-1-3-9(11)27-15(12)22-10)20-16(26)24-17-23-14(25-28-17)7-4-5-7/h7-8H,1-6H2,(H2,20,23,24,25,26). The van der Waals surface area contributed by atoms with E-state index in [1.807, 2.05) is 0 Å². The zero-order valence-electron chi connectivity index (χ0n) is 14.7. The van der Waals surface area contributed by atoms with E-state index in [-0.39, 0.29) is 23.1 Å². The molecule has 1 saturated carbocycles. The molecule has 28 heavy (non-hydrogen) atoms. The number of rotatable bonds is 4. The van der Waals surface area contributed by atoms with Gasteiger partial charge in [0.1, 0.15) is 22.6 Å². The quantitative estimate of drug-likeness (QED) is 0.457. The number of urea groups is 1. The van der Waals surface area contributed by atoms with Gasteiger partial charge in [-0.2, -0.15) is 9.36 Å². The first-order valence-electron chi connectivity index (χ1n) is 9.07. The maximum Gasteiger partial charge on any atom is 0.321 e. The highest BCUT2D eigenvalue weighted by Crippen LogP contribution is 2.40. The monoisotopic (exact) mass is 438 g/mol. The Hall–Kier alpha value is -1.97. The fraction of sp³-hybridized carbons (Fsp3) is 0.471. The van der Waals surface area contributed by atoms with Crippen LogP contribution in [0.3, 0.4) is 0 Å². The number of hydrogen-bond donors (Lipinski definition) is 2. The SMILES string of the molecule is O=C(Nc1nc(C2CC2)ns1)NC1CCCc2oc3nc(CCl)nc(Cl)c3c21. The summed E-state index contributed by atoms with van der Waals surface area (Å²) in [4.78, 5) is 25.5. The minimum absolute atomic E-state index is 0.149. The van der Waals surface area contributed by atoms with Gasteiger partial charge in [-0.3, -0.25) is 5.32 Å². The molecular formula is C17H16Cl2N6O2S. The van der Waals surface area contributed by atoms with Crippen molar-refractivity contribution in [1.82, 2.24) is 24.6 Å². The van der Waals surface area contributed by atoms with E-state index in [1.165, 1.54) is 11.5 Å². The van der Waals surface area contributed by atoms with Crippen molar-refractivity contribution in [2.24, 2.45) is 0 Å². The fourth-order valence-electron chi connectivity index (χ4n) is 3.52. The highest BCUT2D eigenvalue weighted by molar-refractivity contribution is 7.09. The minimum atomic E-state index is -0.333. The Morgan fingerprint density at radius 2 is 2.11 bits per heavy atom. The van der Waals surface area contributed by atoms with Gasteiger partial charge in [0, 0.05) is 29.4 Å². The molecule has 3 aromatic rings. The average Bonchev–Trinajstić information content (AvgIpc) is 3.29. The number of aryl methyl sites for hydroxylation is 1. The van der Waals surface area contributed by atoms with E-state index in [1.54, 1.807) is 0 Å². The number of fused-ring (bicyclic) bond motifs is 3. The number of alkyl halides is 1. The molecule has 2 aliphatic rings. The Morgan fingerprint density at radius 1 is 1.25 bits per heavy atom. The zero-order valence-corrected chi connectivity index (χ0v) is 17.0. The van der Waals surface area contributed by atoms with Gasteiger partial charge in [0.15, 0.2) is 0 Å². The molecule has 3 heterocycles. The molecule has 11 heteroatoms. The number of carbonyl (C=O) groups excluding carboxylic acids is 1. The molecule has 5 rings (SSSR count). The molecule has 0 saturated heterocycles. The first-order chi connectivity index (χ1) is 13.6. The van der Waals surface area contributed by atoms with E-state index < -0.39 is 0 Å². The second-order valence-corrected chi connectivity index (χ2v) is 8.34. The van der Waals surface area contributed by atoms with Gasteiger partial charge in [-0.05, 0) is 25.7 Å². The molecule has 0 spiro atoms. The summed E-state index contributed by atoms with van der Waals surface area (Å²) in [5.41, 5.74) is 1.26. The molecule has 8 nitrogen and oxygen atoms in total. The van der Waals surface area contributed by atoms with Crippen LogP contribution in [0.25, 0.3) is 11.1 Å². The van der Waals surface area contributed by atoms with E-state index >= 15 is 0 Å². The number of halogens is 2. The molecule has 2 amide bonds. The van der Waals surface area contributed by atoms with Gasteiger partial charge in [-0.25, -0.2) is 14.8 Å². The van der Waals surface area contributed by atoms with Crippen molar-refractivity contribution >= 4 is 57.0 Å². The molecule has 0 bridgehead atoms. The summed E-state index contributed by atoms with van der Waals surface area (Å²) in [6.07, 6.45) is 4.66. The minimum Gasteiger partial charge on any atom is -0.442 e. The number of amides is 2. The molecule has 1 atom stereocenters. The van der Waals surface area contributed by atoms with Crippen LogP contribution in [0.4, 0.5) is 9.93 Å². The van der Waals surface area contributed by atoms with Crippen molar-refractivity contribution in [3.63, 3.8) is 0 Å². The number of carbonyl (C=O) groups is 1. The molecule has 0 aromatic carbocycles. The van der Waals surface area contributed by atoms with Gasteiger partial charge in [0.2, 0.25) is 10.8 Å². The summed E-state index contributed by atoms with van der Waals surface area (Å²) in [5.74, 6) is 2.61. The lowest BCUT2D eigenvalue weighted by atomic mass is 9.92. The summed E-state index contributed by atoms with van der Waals surface area (Å²) >= 11 is 13.4. The predicted octanol–water partition coefficient (Wildman–Crippen LogP) is 4.54. The van der Waals surface area contributed by atoms with E-state index in [4.69, 9.17) is 27.6 Å². The van der Waals surface area contributed by atoms with Crippen LogP contribution in [0.15, 0.2) is 4.42 Å².